The Morgan fingerprint density at radius 3 is 2.71 bits per heavy atom. The average Bonchev–Trinajstić information content (AvgIpc) is 3.19. The van der Waals surface area contributed by atoms with Crippen LogP contribution in [0.1, 0.15) is 38.5 Å². The fraction of sp³-hybridized carbons (Fsp3) is 0.500. The minimum absolute atomic E-state index is 0.158. The maximum atomic E-state index is 13.3. The summed E-state index contributed by atoms with van der Waals surface area (Å²) in [6, 6.07) is 5.59. The van der Waals surface area contributed by atoms with Crippen LogP contribution in [0.25, 0.3) is 22.3 Å². The molecule has 1 aliphatic heterocycles. The lowest BCUT2D eigenvalue weighted by Gasteiger charge is -2.48. The summed E-state index contributed by atoms with van der Waals surface area (Å²) >= 11 is 12.6. The molecule has 0 radical (unpaired) electrons. The smallest absolute Gasteiger partial charge is 0.266 e. The topological polar surface area (TPSA) is 92.8 Å². The molecule has 2 aromatic heterocycles. The van der Waals surface area contributed by atoms with Crippen molar-refractivity contribution in [2.45, 2.75) is 44.6 Å². The zero-order valence-electron chi connectivity index (χ0n) is 17.5. The van der Waals surface area contributed by atoms with Crippen LogP contribution in [0.5, 0.6) is 0 Å². The molecule has 1 spiro atoms. The van der Waals surface area contributed by atoms with Crippen LogP contribution >= 0.6 is 23.2 Å². The Balaban J connectivity index is 1.50. The van der Waals surface area contributed by atoms with E-state index in [4.69, 9.17) is 33.9 Å². The van der Waals surface area contributed by atoms with E-state index in [1.165, 1.54) is 19.3 Å². The summed E-state index contributed by atoms with van der Waals surface area (Å²) in [5.74, 6) is 0.645. The number of nitrogens with one attached hydrogen (secondary N) is 1. The van der Waals surface area contributed by atoms with E-state index in [1.54, 1.807) is 23.7 Å². The Morgan fingerprint density at radius 2 is 1.97 bits per heavy atom. The number of aromatic amines is 1. The molecule has 0 amide bonds. The van der Waals surface area contributed by atoms with Gasteiger partial charge in [-0.25, -0.2) is 0 Å². The highest BCUT2D eigenvalue weighted by atomic mass is 35.5. The lowest BCUT2D eigenvalue weighted by Crippen LogP contribution is -2.52. The van der Waals surface area contributed by atoms with Crippen molar-refractivity contribution < 1.29 is 0 Å². The number of nitrogens with two attached hydrogens (primary N) is 1. The Labute approximate surface area is 190 Å². The summed E-state index contributed by atoms with van der Waals surface area (Å²) in [5.41, 5.74) is 8.15. The van der Waals surface area contributed by atoms with Gasteiger partial charge in [-0.05, 0) is 37.2 Å². The van der Waals surface area contributed by atoms with Crippen molar-refractivity contribution >= 4 is 40.2 Å². The number of anilines is 1. The second-order valence-electron chi connectivity index (χ2n) is 8.88. The van der Waals surface area contributed by atoms with Crippen molar-refractivity contribution in [3.05, 3.63) is 38.6 Å². The third kappa shape index (κ3) is 3.34. The maximum Gasteiger partial charge on any atom is 0.266 e. The Kier molecular flexibility index (Phi) is 5.23. The average molecular weight is 461 g/mol. The van der Waals surface area contributed by atoms with Gasteiger partial charge in [0.25, 0.3) is 5.56 Å². The summed E-state index contributed by atoms with van der Waals surface area (Å²) in [7, 11) is 1.76. The maximum absolute atomic E-state index is 13.3. The predicted octanol–water partition coefficient (Wildman–Crippen LogP) is 4.12. The second-order valence-corrected chi connectivity index (χ2v) is 9.66. The van der Waals surface area contributed by atoms with Crippen LogP contribution in [0.4, 0.5) is 5.95 Å². The SMILES string of the molecule is Cn1c(N2CCC3(CCCCC3N)CC2)nc2n[nH]c(-c3cccc(Cl)c3Cl)c2c1=O. The molecular formula is C22H26Cl2N6O. The molecule has 3 aromatic rings. The largest absolute Gasteiger partial charge is 0.342 e. The Hall–Kier alpha value is -2.09. The number of rotatable bonds is 2. The first kappa shape index (κ1) is 20.8. The molecule has 2 fully saturated rings. The van der Waals surface area contributed by atoms with E-state index < -0.39 is 0 Å². The van der Waals surface area contributed by atoms with Crippen LogP contribution in [-0.4, -0.2) is 38.9 Å². The molecule has 0 bridgehead atoms. The number of H-pyrrole nitrogens is 1. The number of hydrogen-bond donors (Lipinski definition) is 2. The van der Waals surface area contributed by atoms with Gasteiger partial charge in [-0.1, -0.05) is 48.2 Å². The van der Waals surface area contributed by atoms with E-state index >= 15 is 0 Å². The fourth-order valence-electron chi connectivity index (χ4n) is 5.32. The van der Waals surface area contributed by atoms with Crippen molar-refractivity contribution in [3.8, 4) is 11.3 Å². The minimum atomic E-state index is -0.158. The summed E-state index contributed by atoms with van der Waals surface area (Å²) in [6.07, 6.45) is 6.88. The van der Waals surface area contributed by atoms with Crippen LogP contribution < -0.4 is 16.2 Å². The number of halogens is 2. The molecule has 164 valence electrons. The first-order chi connectivity index (χ1) is 14.9. The monoisotopic (exact) mass is 460 g/mol. The first-order valence-corrected chi connectivity index (χ1v) is 11.6. The van der Waals surface area contributed by atoms with Crippen LogP contribution in [0.3, 0.4) is 0 Å². The van der Waals surface area contributed by atoms with Gasteiger partial charge in [-0.3, -0.25) is 14.5 Å². The minimum Gasteiger partial charge on any atom is -0.342 e. The lowest BCUT2D eigenvalue weighted by molar-refractivity contribution is 0.113. The van der Waals surface area contributed by atoms with E-state index in [9.17, 15) is 4.79 Å². The molecule has 7 nitrogen and oxygen atoms in total. The summed E-state index contributed by atoms with van der Waals surface area (Å²) in [4.78, 5) is 20.3. The molecule has 1 unspecified atom stereocenters. The lowest BCUT2D eigenvalue weighted by atomic mass is 9.65. The van der Waals surface area contributed by atoms with Crippen LogP contribution in [-0.2, 0) is 7.05 Å². The normalized spacial score (nSPS) is 21.2. The molecule has 1 saturated carbocycles. The van der Waals surface area contributed by atoms with E-state index in [-0.39, 0.29) is 17.0 Å². The van der Waals surface area contributed by atoms with E-state index in [0.717, 1.165) is 32.4 Å². The van der Waals surface area contributed by atoms with Gasteiger partial charge in [-0.2, -0.15) is 10.1 Å². The zero-order chi connectivity index (χ0) is 21.8. The number of benzene rings is 1. The second kappa shape index (κ2) is 7.80. The van der Waals surface area contributed by atoms with Crippen molar-refractivity contribution in [1.29, 1.82) is 0 Å². The van der Waals surface area contributed by atoms with Crippen LogP contribution in [0.2, 0.25) is 10.0 Å². The molecule has 3 heterocycles. The van der Waals surface area contributed by atoms with Gasteiger partial charge in [0.15, 0.2) is 5.65 Å². The van der Waals surface area contributed by atoms with Crippen molar-refractivity contribution in [3.63, 3.8) is 0 Å². The Bertz CT molecular complexity index is 1190. The van der Waals surface area contributed by atoms with Crippen molar-refractivity contribution in [2.24, 2.45) is 18.2 Å². The van der Waals surface area contributed by atoms with Gasteiger partial charge in [-0.15, -0.1) is 0 Å². The summed E-state index contributed by atoms with van der Waals surface area (Å²) in [6.45, 7) is 1.69. The van der Waals surface area contributed by atoms with Crippen molar-refractivity contribution in [1.82, 2.24) is 19.7 Å². The van der Waals surface area contributed by atoms with Crippen molar-refractivity contribution in [2.75, 3.05) is 18.0 Å². The van der Waals surface area contributed by atoms with Gasteiger partial charge in [0.2, 0.25) is 5.95 Å². The number of aromatic nitrogens is 4. The Morgan fingerprint density at radius 1 is 1.19 bits per heavy atom. The highest BCUT2D eigenvalue weighted by Crippen LogP contribution is 2.44. The van der Waals surface area contributed by atoms with E-state index in [1.807, 2.05) is 6.07 Å². The van der Waals surface area contributed by atoms with E-state index in [2.05, 4.69) is 15.1 Å². The molecule has 1 aromatic carbocycles. The molecule has 31 heavy (non-hydrogen) atoms. The molecule has 1 saturated heterocycles. The number of hydrogen-bond acceptors (Lipinski definition) is 5. The van der Waals surface area contributed by atoms with Gasteiger partial charge >= 0.3 is 0 Å². The van der Waals surface area contributed by atoms with Crippen LogP contribution in [0, 0.1) is 5.41 Å². The molecule has 1 atom stereocenters. The number of fused-ring (bicyclic) bond motifs is 1. The summed E-state index contributed by atoms with van der Waals surface area (Å²) in [5, 5.41) is 8.48. The quantitative estimate of drug-likeness (QED) is 0.599. The van der Waals surface area contributed by atoms with Crippen LogP contribution in [0.15, 0.2) is 23.0 Å². The zero-order valence-corrected chi connectivity index (χ0v) is 19.0. The third-order valence-corrected chi connectivity index (χ3v) is 8.08. The fourth-order valence-corrected chi connectivity index (χ4v) is 5.72. The molecular weight excluding hydrogens is 435 g/mol. The molecule has 9 heteroatoms. The standard InChI is InChI=1S/C22H26Cl2N6O/c1-29-20(31)16-18(13-5-4-6-14(23)17(13)24)27-28-19(16)26-21(29)30-11-9-22(10-12-30)8-3-2-7-15(22)25/h4-6,15H,2-3,7-12,25H2,1H3,(H,27,28). The number of piperidine rings is 1. The molecule has 5 rings (SSSR count). The predicted molar refractivity (Wildman–Crippen MR) is 125 cm³/mol. The number of nitrogens with zero attached hydrogens (tertiary/aromatic N) is 4. The first-order valence-electron chi connectivity index (χ1n) is 10.8. The molecule has 2 aliphatic rings. The van der Waals surface area contributed by atoms with Gasteiger partial charge in [0, 0.05) is 31.7 Å². The molecule has 1 aliphatic carbocycles. The van der Waals surface area contributed by atoms with Gasteiger partial charge in [0.05, 0.1) is 15.7 Å². The van der Waals surface area contributed by atoms with Gasteiger partial charge < -0.3 is 10.6 Å². The van der Waals surface area contributed by atoms with E-state index in [0.29, 0.717) is 38.3 Å². The third-order valence-electron chi connectivity index (χ3n) is 7.26. The highest BCUT2D eigenvalue weighted by molar-refractivity contribution is 6.43. The molecule has 3 N–H and O–H groups in total. The summed E-state index contributed by atoms with van der Waals surface area (Å²) < 4.78 is 1.61. The highest BCUT2D eigenvalue weighted by Gasteiger charge is 2.41. The van der Waals surface area contributed by atoms with Gasteiger partial charge in [0.1, 0.15) is 5.39 Å².